The first-order chi connectivity index (χ1) is 9.60. The summed E-state index contributed by atoms with van der Waals surface area (Å²) in [6, 6.07) is 12.4. The van der Waals surface area contributed by atoms with Crippen molar-refractivity contribution in [2.24, 2.45) is 0 Å². The van der Waals surface area contributed by atoms with Crippen LogP contribution in [0, 0.1) is 3.57 Å². The Bertz CT molecular complexity index is 663. The molecule has 0 heterocycles. The van der Waals surface area contributed by atoms with Crippen molar-refractivity contribution in [3.8, 4) is 11.5 Å². The largest absolute Gasteiger partial charge is 0.507 e. The number of ketones is 1. The van der Waals surface area contributed by atoms with E-state index in [2.05, 4.69) is 22.6 Å². The number of phenolic OH excluding ortho intramolecular Hbond substituents is 1. The predicted octanol–water partition coefficient (Wildman–Crippen LogP) is 3.90. The van der Waals surface area contributed by atoms with Crippen LogP contribution in [0.25, 0.3) is 6.08 Å². The van der Waals surface area contributed by atoms with E-state index in [1.165, 1.54) is 19.3 Å². The van der Waals surface area contributed by atoms with E-state index in [9.17, 15) is 9.90 Å². The highest BCUT2D eigenvalue weighted by Gasteiger charge is 2.09. The second-order valence-corrected chi connectivity index (χ2v) is 5.38. The molecule has 1 N–H and O–H groups in total. The lowest BCUT2D eigenvalue weighted by atomic mass is 10.1. The molecule has 2 aromatic rings. The molecule has 20 heavy (non-hydrogen) atoms. The van der Waals surface area contributed by atoms with E-state index >= 15 is 0 Å². The highest BCUT2D eigenvalue weighted by molar-refractivity contribution is 14.1. The molecule has 0 spiro atoms. The van der Waals surface area contributed by atoms with Gasteiger partial charge in [-0.15, -0.1) is 0 Å². The average molecular weight is 380 g/mol. The van der Waals surface area contributed by atoms with Crippen molar-refractivity contribution in [2.45, 2.75) is 0 Å². The SMILES string of the molecule is COc1ccc(C(=O)C=Cc2cccc(I)c2)c(O)c1. The minimum absolute atomic E-state index is 0.0818. The van der Waals surface area contributed by atoms with E-state index < -0.39 is 0 Å². The molecule has 3 nitrogen and oxygen atoms in total. The molecular weight excluding hydrogens is 367 g/mol. The van der Waals surface area contributed by atoms with Gasteiger partial charge >= 0.3 is 0 Å². The van der Waals surface area contributed by atoms with Gasteiger partial charge in [-0.2, -0.15) is 0 Å². The van der Waals surface area contributed by atoms with E-state index in [-0.39, 0.29) is 17.1 Å². The maximum atomic E-state index is 12.0. The Kier molecular flexibility index (Phi) is 4.79. The first-order valence-electron chi connectivity index (χ1n) is 5.95. The van der Waals surface area contributed by atoms with E-state index in [1.54, 1.807) is 18.2 Å². The Balaban J connectivity index is 2.20. The number of allylic oxidation sites excluding steroid dienone is 1. The van der Waals surface area contributed by atoms with E-state index in [1.807, 2.05) is 24.3 Å². The summed E-state index contributed by atoms with van der Waals surface area (Å²) in [5, 5.41) is 9.80. The molecule has 0 fully saturated rings. The molecule has 0 saturated carbocycles. The minimum atomic E-state index is -0.246. The molecule has 4 heteroatoms. The van der Waals surface area contributed by atoms with Gasteiger partial charge in [-0.25, -0.2) is 0 Å². The summed E-state index contributed by atoms with van der Waals surface area (Å²) < 4.78 is 6.08. The van der Waals surface area contributed by atoms with Crippen molar-refractivity contribution in [3.63, 3.8) is 0 Å². The molecule has 102 valence electrons. The van der Waals surface area contributed by atoms with Crippen LogP contribution in [-0.4, -0.2) is 18.0 Å². The topological polar surface area (TPSA) is 46.5 Å². The van der Waals surface area contributed by atoms with Crippen LogP contribution in [0.4, 0.5) is 0 Å². The zero-order valence-electron chi connectivity index (χ0n) is 10.8. The van der Waals surface area contributed by atoms with Crippen molar-refractivity contribution in [2.75, 3.05) is 7.11 Å². The van der Waals surface area contributed by atoms with Gasteiger partial charge < -0.3 is 9.84 Å². The van der Waals surface area contributed by atoms with Gasteiger partial charge in [0.05, 0.1) is 12.7 Å². The molecular formula is C16H13IO3. The fraction of sp³-hybridized carbons (Fsp3) is 0.0625. The van der Waals surface area contributed by atoms with Crippen molar-refractivity contribution >= 4 is 34.5 Å². The molecule has 0 bridgehead atoms. The normalized spacial score (nSPS) is 10.7. The molecule has 0 atom stereocenters. The highest BCUT2D eigenvalue weighted by atomic mass is 127. The van der Waals surface area contributed by atoms with E-state index in [0.717, 1.165) is 9.13 Å². The fourth-order valence-electron chi connectivity index (χ4n) is 1.72. The van der Waals surface area contributed by atoms with Crippen LogP contribution >= 0.6 is 22.6 Å². The van der Waals surface area contributed by atoms with Gasteiger partial charge in [0.1, 0.15) is 11.5 Å². The summed E-state index contributed by atoms with van der Waals surface area (Å²) in [7, 11) is 1.51. The van der Waals surface area contributed by atoms with Crippen LogP contribution < -0.4 is 4.74 Å². The van der Waals surface area contributed by atoms with Crippen LogP contribution in [0.2, 0.25) is 0 Å². The number of benzene rings is 2. The molecule has 0 aliphatic heterocycles. The lowest BCUT2D eigenvalue weighted by Crippen LogP contribution is -1.95. The van der Waals surface area contributed by atoms with Crippen LogP contribution in [0.1, 0.15) is 15.9 Å². The monoisotopic (exact) mass is 380 g/mol. The second kappa shape index (κ2) is 6.56. The number of phenols is 1. The molecule has 0 saturated heterocycles. The Morgan fingerprint density at radius 2 is 2.05 bits per heavy atom. The van der Waals surface area contributed by atoms with Crippen molar-refractivity contribution < 1.29 is 14.6 Å². The molecule has 0 aromatic heterocycles. The number of rotatable bonds is 4. The maximum absolute atomic E-state index is 12.0. The van der Waals surface area contributed by atoms with Gasteiger partial charge in [-0.1, -0.05) is 18.2 Å². The third-order valence-electron chi connectivity index (χ3n) is 2.75. The average Bonchev–Trinajstić information content (AvgIpc) is 2.44. The second-order valence-electron chi connectivity index (χ2n) is 4.14. The smallest absolute Gasteiger partial charge is 0.189 e. The van der Waals surface area contributed by atoms with Gasteiger partial charge in [0, 0.05) is 9.64 Å². The lowest BCUT2D eigenvalue weighted by molar-refractivity contribution is 0.104. The van der Waals surface area contributed by atoms with Gasteiger partial charge in [-0.3, -0.25) is 4.79 Å². The number of ether oxygens (including phenoxy) is 1. The maximum Gasteiger partial charge on any atom is 0.189 e. The Morgan fingerprint density at radius 3 is 2.70 bits per heavy atom. The summed E-state index contributed by atoms with van der Waals surface area (Å²) >= 11 is 2.21. The molecule has 0 unspecified atom stereocenters. The standard InChI is InChI=1S/C16H13IO3/c1-20-13-6-7-14(16(19)10-13)15(18)8-5-11-3-2-4-12(17)9-11/h2-10,19H,1H3. The van der Waals surface area contributed by atoms with Crippen LogP contribution in [0.15, 0.2) is 48.5 Å². The van der Waals surface area contributed by atoms with Crippen LogP contribution in [-0.2, 0) is 0 Å². The third-order valence-corrected chi connectivity index (χ3v) is 3.42. The van der Waals surface area contributed by atoms with Gasteiger partial charge in [0.2, 0.25) is 0 Å². The molecule has 0 radical (unpaired) electrons. The zero-order valence-corrected chi connectivity index (χ0v) is 13.0. The molecule has 2 aromatic carbocycles. The van der Waals surface area contributed by atoms with Gasteiger partial charge in [0.25, 0.3) is 0 Å². The number of carbonyl (C=O) groups excluding carboxylic acids is 1. The van der Waals surface area contributed by atoms with Crippen LogP contribution in [0.3, 0.4) is 0 Å². The third kappa shape index (κ3) is 3.60. The first kappa shape index (κ1) is 14.6. The number of hydrogen-bond acceptors (Lipinski definition) is 3. The fourth-order valence-corrected chi connectivity index (χ4v) is 2.29. The Morgan fingerprint density at radius 1 is 1.25 bits per heavy atom. The zero-order chi connectivity index (χ0) is 14.5. The van der Waals surface area contributed by atoms with Gasteiger partial charge in [0.15, 0.2) is 5.78 Å². The number of carbonyl (C=O) groups is 1. The summed E-state index contributed by atoms with van der Waals surface area (Å²) in [5.41, 5.74) is 1.20. The number of hydrogen-bond donors (Lipinski definition) is 1. The summed E-state index contributed by atoms with van der Waals surface area (Å²) in [6.07, 6.45) is 3.18. The molecule has 0 amide bonds. The molecule has 0 aliphatic rings. The molecule has 0 aliphatic carbocycles. The van der Waals surface area contributed by atoms with Gasteiger partial charge in [-0.05, 0) is 58.5 Å². The van der Waals surface area contributed by atoms with Crippen molar-refractivity contribution in [1.82, 2.24) is 0 Å². The van der Waals surface area contributed by atoms with E-state index in [4.69, 9.17) is 4.74 Å². The Labute approximate surface area is 131 Å². The van der Waals surface area contributed by atoms with Crippen molar-refractivity contribution in [3.05, 3.63) is 63.2 Å². The number of halogens is 1. The number of methoxy groups -OCH3 is 1. The Hall–Kier alpha value is -1.82. The van der Waals surface area contributed by atoms with Crippen LogP contribution in [0.5, 0.6) is 11.5 Å². The summed E-state index contributed by atoms with van der Waals surface area (Å²) in [4.78, 5) is 12.0. The summed E-state index contributed by atoms with van der Waals surface area (Å²) in [6.45, 7) is 0. The quantitative estimate of drug-likeness (QED) is 0.497. The number of aromatic hydroxyl groups is 1. The molecule has 2 rings (SSSR count). The van der Waals surface area contributed by atoms with Crippen molar-refractivity contribution in [1.29, 1.82) is 0 Å². The van der Waals surface area contributed by atoms with E-state index in [0.29, 0.717) is 5.75 Å². The highest BCUT2D eigenvalue weighted by Crippen LogP contribution is 2.24. The lowest BCUT2D eigenvalue weighted by Gasteiger charge is -2.03. The first-order valence-corrected chi connectivity index (χ1v) is 7.03. The minimum Gasteiger partial charge on any atom is -0.507 e. The predicted molar refractivity (Wildman–Crippen MR) is 87.2 cm³/mol. The summed E-state index contributed by atoms with van der Waals surface area (Å²) in [5.74, 6) is 0.186.